The molecule has 2 N–H and O–H groups in total. The van der Waals surface area contributed by atoms with Crippen LogP contribution >= 0.6 is 22.9 Å². The summed E-state index contributed by atoms with van der Waals surface area (Å²) < 4.78 is 6.09. The Bertz CT molecular complexity index is 386. The van der Waals surface area contributed by atoms with Gasteiger partial charge >= 0.3 is 0 Å². The average molecular weight is 319 g/mol. The monoisotopic (exact) mass is 318 g/mol. The summed E-state index contributed by atoms with van der Waals surface area (Å²) in [6, 6.07) is 4.85. The number of thiophene rings is 1. The first-order valence-electron chi connectivity index (χ1n) is 7.30. The van der Waals surface area contributed by atoms with Crippen LogP contribution in [0.3, 0.4) is 0 Å². The quantitative estimate of drug-likeness (QED) is 0.750. The number of hydrogen-bond donors (Lipinski definition) is 1. The zero-order valence-electron chi connectivity index (χ0n) is 12.9. The number of methoxy groups -OCH3 is 1. The van der Waals surface area contributed by atoms with Crippen LogP contribution < -0.4 is 5.73 Å². The normalized spacial score (nSPS) is 16.4. The summed E-state index contributed by atoms with van der Waals surface area (Å²) in [6.07, 6.45) is 2.04. The van der Waals surface area contributed by atoms with Crippen LogP contribution in [0.1, 0.15) is 44.5 Å². The fourth-order valence-corrected chi connectivity index (χ4v) is 3.65. The maximum absolute atomic E-state index is 6.40. The zero-order chi connectivity index (χ0) is 15.1. The summed E-state index contributed by atoms with van der Waals surface area (Å²) in [5.41, 5.74) is 6.40. The summed E-state index contributed by atoms with van der Waals surface area (Å²) in [7, 11) is 1.74. The molecule has 0 saturated carbocycles. The lowest BCUT2D eigenvalue weighted by atomic mass is 10.0. The fourth-order valence-electron chi connectivity index (χ4n) is 2.40. The first kappa shape index (κ1) is 17.9. The van der Waals surface area contributed by atoms with E-state index < -0.39 is 0 Å². The molecule has 0 aliphatic rings. The van der Waals surface area contributed by atoms with Gasteiger partial charge in [-0.3, -0.25) is 4.90 Å². The van der Waals surface area contributed by atoms with Gasteiger partial charge in [0.2, 0.25) is 0 Å². The number of nitrogens with zero attached hydrogens (tertiary/aromatic N) is 1. The van der Waals surface area contributed by atoms with E-state index in [-0.39, 0.29) is 12.1 Å². The molecule has 0 amide bonds. The minimum absolute atomic E-state index is 0.107. The lowest BCUT2D eigenvalue weighted by molar-refractivity contribution is 0.0770. The van der Waals surface area contributed by atoms with Crippen LogP contribution in [0, 0.1) is 0 Å². The van der Waals surface area contributed by atoms with Crippen molar-refractivity contribution in [2.75, 3.05) is 20.3 Å². The summed E-state index contributed by atoms with van der Waals surface area (Å²) in [5.74, 6) is 0. The van der Waals surface area contributed by atoms with Gasteiger partial charge in [0.15, 0.2) is 0 Å². The van der Waals surface area contributed by atoms with Crippen LogP contribution in [0.5, 0.6) is 0 Å². The van der Waals surface area contributed by atoms with Crippen LogP contribution in [-0.4, -0.2) is 37.2 Å². The van der Waals surface area contributed by atoms with Crippen molar-refractivity contribution >= 4 is 22.9 Å². The molecule has 0 aliphatic heterocycles. The standard InChI is InChI=1S/C15H27ClN2OS/c1-5-11(3)18(9-10-19-4)15(12(17)6-2)13-7-8-14(16)20-13/h7-8,11-12,15H,5-6,9-10,17H2,1-4H3. The first-order chi connectivity index (χ1) is 9.54. The smallest absolute Gasteiger partial charge is 0.0931 e. The Hall–Kier alpha value is -0.130. The molecular formula is C15H27ClN2OS. The molecule has 1 aromatic heterocycles. The highest BCUT2D eigenvalue weighted by Crippen LogP contribution is 2.34. The Labute approximate surface area is 132 Å². The van der Waals surface area contributed by atoms with Gasteiger partial charge in [-0.1, -0.05) is 25.4 Å². The number of halogens is 1. The van der Waals surface area contributed by atoms with Gasteiger partial charge in [0, 0.05) is 30.6 Å². The van der Waals surface area contributed by atoms with Crippen molar-refractivity contribution in [2.24, 2.45) is 5.73 Å². The molecule has 0 saturated heterocycles. The summed E-state index contributed by atoms with van der Waals surface area (Å²) >= 11 is 7.74. The largest absolute Gasteiger partial charge is 0.383 e. The van der Waals surface area contributed by atoms with Gasteiger partial charge in [-0.2, -0.15) is 0 Å². The Morgan fingerprint density at radius 2 is 2.05 bits per heavy atom. The second-order valence-electron chi connectivity index (χ2n) is 5.15. The molecule has 5 heteroatoms. The lowest BCUT2D eigenvalue weighted by Gasteiger charge is -2.38. The predicted octanol–water partition coefficient (Wildman–Crippen LogP) is 3.93. The molecule has 0 spiro atoms. The van der Waals surface area contributed by atoms with Crippen LogP contribution in [0.4, 0.5) is 0 Å². The van der Waals surface area contributed by atoms with Gasteiger partial charge in [-0.05, 0) is 31.9 Å². The van der Waals surface area contributed by atoms with Crippen molar-refractivity contribution in [3.63, 3.8) is 0 Å². The van der Waals surface area contributed by atoms with Gasteiger partial charge in [-0.25, -0.2) is 0 Å². The maximum Gasteiger partial charge on any atom is 0.0931 e. The molecule has 20 heavy (non-hydrogen) atoms. The topological polar surface area (TPSA) is 38.5 Å². The molecular weight excluding hydrogens is 292 g/mol. The van der Waals surface area contributed by atoms with E-state index in [1.165, 1.54) is 4.88 Å². The van der Waals surface area contributed by atoms with E-state index in [0.717, 1.165) is 30.3 Å². The third kappa shape index (κ3) is 4.71. The molecule has 0 bridgehead atoms. The second kappa shape index (κ2) is 9.00. The minimum Gasteiger partial charge on any atom is -0.383 e. The molecule has 3 nitrogen and oxygen atoms in total. The van der Waals surface area contributed by atoms with Crippen molar-refractivity contribution in [1.29, 1.82) is 0 Å². The molecule has 0 fully saturated rings. The van der Waals surface area contributed by atoms with E-state index in [2.05, 4.69) is 31.7 Å². The number of hydrogen-bond acceptors (Lipinski definition) is 4. The molecule has 0 aromatic carbocycles. The van der Waals surface area contributed by atoms with Gasteiger partial charge in [-0.15, -0.1) is 11.3 Å². The Morgan fingerprint density at radius 3 is 2.50 bits per heavy atom. The third-order valence-corrected chi connectivity index (χ3v) is 5.13. The highest BCUT2D eigenvalue weighted by Gasteiger charge is 2.29. The lowest BCUT2D eigenvalue weighted by Crippen LogP contribution is -2.46. The van der Waals surface area contributed by atoms with E-state index in [1.54, 1.807) is 18.4 Å². The van der Waals surface area contributed by atoms with E-state index >= 15 is 0 Å². The minimum atomic E-state index is 0.107. The summed E-state index contributed by atoms with van der Waals surface area (Å²) in [4.78, 5) is 3.71. The SMILES string of the molecule is CCC(N)C(c1ccc(Cl)s1)N(CCOC)C(C)CC. The van der Waals surface area contributed by atoms with Crippen molar-refractivity contribution in [3.8, 4) is 0 Å². The molecule has 3 unspecified atom stereocenters. The Morgan fingerprint density at radius 1 is 1.35 bits per heavy atom. The highest BCUT2D eigenvalue weighted by molar-refractivity contribution is 7.16. The zero-order valence-corrected chi connectivity index (χ0v) is 14.5. The average Bonchev–Trinajstić information content (AvgIpc) is 2.87. The third-order valence-electron chi connectivity index (χ3n) is 3.83. The maximum atomic E-state index is 6.40. The van der Waals surface area contributed by atoms with Crippen molar-refractivity contribution in [3.05, 3.63) is 21.3 Å². The van der Waals surface area contributed by atoms with E-state index in [1.807, 2.05) is 6.07 Å². The molecule has 116 valence electrons. The molecule has 0 aliphatic carbocycles. The van der Waals surface area contributed by atoms with E-state index in [0.29, 0.717) is 6.04 Å². The van der Waals surface area contributed by atoms with Crippen LogP contribution in [0.2, 0.25) is 4.34 Å². The Balaban J connectivity index is 3.03. The van der Waals surface area contributed by atoms with Gasteiger partial charge < -0.3 is 10.5 Å². The second-order valence-corrected chi connectivity index (χ2v) is 6.89. The van der Waals surface area contributed by atoms with Crippen molar-refractivity contribution in [2.45, 2.75) is 51.7 Å². The Kier molecular flexibility index (Phi) is 8.07. The first-order valence-corrected chi connectivity index (χ1v) is 8.50. The van der Waals surface area contributed by atoms with Crippen molar-refractivity contribution in [1.82, 2.24) is 4.90 Å². The summed E-state index contributed by atoms with van der Waals surface area (Å²) in [5, 5.41) is 0. The van der Waals surface area contributed by atoms with Gasteiger partial charge in [0.1, 0.15) is 0 Å². The molecule has 3 atom stereocenters. The molecule has 1 aromatic rings. The van der Waals surface area contributed by atoms with Crippen LogP contribution in [0.25, 0.3) is 0 Å². The van der Waals surface area contributed by atoms with Crippen LogP contribution in [-0.2, 0) is 4.74 Å². The summed E-state index contributed by atoms with van der Waals surface area (Å²) in [6.45, 7) is 8.20. The number of ether oxygens (including phenoxy) is 1. The van der Waals surface area contributed by atoms with E-state index in [9.17, 15) is 0 Å². The fraction of sp³-hybridized carbons (Fsp3) is 0.733. The van der Waals surface area contributed by atoms with Gasteiger partial charge in [0.05, 0.1) is 17.0 Å². The molecule has 1 heterocycles. The predicted molar refractivity (Wildman–Crippen MR) is 88.7 cm³/mol. The molecule has 1 rings (SSSR count). The number of nitrogens with two attached hydrogens (primary N) is 1. The van der Waals surface area contributed by atoms with Crippen molar-refractivity contribution < 1.29 is 4.74 Å². The van der Waals surface area contributed by atoms with E-state index in [4.69, 9.17) is 22.1 Å². The van der Waals surface area contributed by atoms with Crippen LogP contribution in [0.15, 0.2) is 12.1 Å². The van der Waals surface area contributed by atoms with Gasteiger partial charge in [0.25, 0.3) is 0 Å². The number of rotatable bonds is 9. The molecule has 0 radical (unpaired) electrons. The highest BCUT2D eigenvalue weighted by atomic mass is 35.5.